The van der Waals surface area contributed by atoms with Gasteiger partial charge in [0.1, 0.15) is 10.3 Å². The largest absolute Gasteiger partial charge is 0.309 e. The zero-order chi connectivity index (χ0) is 14.8. The smallest absolute Gasteiger partial charge is 0.265 e. The minimum atomic E-state index is -0.244. The van der Waals surface area contributed by atoms with Gasteiger partial charge in [-0.2, -0.15) is 0 Å². The fraction of sp³-hybridized carbons (Fsp3) is 0.375. The van der Waals surface area contributed by atoms with Gasteiger partial charge in [-0.15, -0.1) is 0 Å². The molecule has 106 valence electrons. The standard InChI is InChI=1S/C16H19BrN2O/c1-4-16(5-2,12-9-7-6-8-10-12)15-18-11(3)13(17)14(20)19-15/h6-10H,4-5H2,1-3H3,(H,18,19,20). The molecule has 0 radical (unpaired) electrons. The van der Waals surface area contributed by atoms with E-state index in [1.165, 1.54) is 5.56 Å². The van der Waals surface area contributed by atoms with Crippen LogP contribution in [0.5, 0.6) is 0 Å². The Balaban J connectivity index is 2.69. The normalized spacial score (nSPS) is 11.6. The topological polar surface area (TPSA) is 45.8 Å². The molecule has 0 fully saturated rings. The summed E-state index contributed by atoms with van der Waals surface area (Å²) in [5, 5.41) is 0. The Morgan fingerprint density at radius 2 is 1.80 bits per heavy atom. The SMILES string of the molecule is CCC(CC)(c1ccccc1)c1nc(C)c(Br)c(=O)[nH]1. The van der Waals surface area contributed by atoms with E-state index in [0.717, 1.165) is 24.4 Å². The van der Waals surface area contributed by atoms with E-state index in [9.17, 15) is 4.79 Å². The number of aromatic amines is 1. The Labute approximate surface area is 127 Å². The molecule has 3 nitrogen and oxygen atoms in total. The fourth-order valence-corrected chi connectivity index (χ4v) is 2.87. The van der Waals surface area contributed by atoms with Crippen LogP contribution in [0.15, 0.2) is 39.6 Å². The van der Waals surface area contributed by atoms with Crippen molar-refractivity contribution in [3.8, 4) is 0 Å². The number of aromatic nitrogens is 2. The number of hydrogen-bond acceptors (Lipinski definition) is 2. The highest BCUT2D eigenvalue weighted by molar-refractivity contribution is 9.10. The summed E-state index contributed by atoms with van der Waals surface area (Å²) in [6, 6.07) is 10.3. The molecule has 0 bridgehead atoms. The van der Waals surface area contributed by atoms with Crippen LogP contribution < -0.4 is 5.56 Å². The summed E-state index contributed by atoms with van der Waals surface area (Å²) < 4.78 is 0.510. The van der Waals surface area contributed by atoms with E-state index in [-0.39, 0.29) is 11.0 Å². The highest BCUT2D eigenvalue weighted by Crippen LogP contribution is 2.36. The number of rotatable bonds is 4. The van der Waals surface area contributed by atoms with Gasteiger partial charge in [-0.3, -0.25) is 4.79 Å². The van der Waals surface area contributed by atoms with Crippen molar-refractivity contribution in [1.29, 1.82) is 0 Å². The van der Waals surface area contributed by atoms with Gasteiger partial charge in [-0.1, -0.05) is 44.2 Å². The lowest BCUT2D eigenvalue weighted by atomic mass is 9.75. The minimum Gasteiger partial charge on any atom is -0.309 e. The van der Waals surface area contributed by atoms with Gasteiger partial charge in [0, 0.05) is 0 Å². The lowest BCUT2D eigenvalue weighted by molar-refractivity contribution is 0.446. The van der Waals surface area contributed by atoms with Gasteiger partial charge in [0.2, 0.25) is 0 Å². The Kier molecular flexibility index (Phi) is 4.43. The molecule has 20 heavy (non-hydrogen) atoms. The summed E-state index contributed by atoms with van der Waals surface area (Å²) >= 11 is 3.27. The molecule has 1 heterocycles. The molecular weight excluding hydrogens is 316 g/mol. The zero-order valence-electron chi connectivity index (χ0n) is 12.0. The summed E-state index contributed by atoms with van der Waals surface area (Å²) in [6.45, 7) is 6.12. The predicted molar refractivity (Wildman–Crippen MR) is 85.1 cm³/mol. The number of hydrogen-bond donors (Lipinski definition) is 1. The third-order valence-electron chi connectivity index (χ3n) is 4.02. The Morgan fingerprint density at radius 3 is 2.30 bits per heavy atom. The van der Waals surface area contributed by atoms with Gasteiger partial charge in [-0.05, 0) is 41.3 Å². The van der Waals surface area contributed by atoms with Crippen molar-refractivity contribution in [2.24, 2.45) is 0 Å². The lowest BCUT2D eigenvalue weighted by Crippen LogP contribution is -2.32. The van der Waals surface area contributed by atoms with Crippen LogP contribution in [0.3, 0.4) is 0 Å². The van der Waals surface area contributed by atoms with E-state index in [4.69, 9.17) is 0 Å². The quantitative estimate of drug-likeness (QED) is 0.920. The van der Waals surface area contributed by atoms with Crippen molar-refractivity contribution >= 4 is 15.9 Å². The first kappa shape index (κ1) is 15.0. The van der Waals surface area contributed by atoms with Gasteiger partial charge in [0.15, 0.2) is 0 Å². The van der Waals surface area contributed by atoms with Crippen molar-refractivity contribution in [3.05, 3.63) is 62.2 Å². The number of halogens is 1. The van der Waals surface area contributed by atoms with Crippen molar-refractivity contribution in [2.75, 3.05) is 0 Å². The molecule has 0 spiro atoms. The number of nitrogens with one attached hydrogen (secondary N) is 1. The first-order valence-electron chi connectivity index (χ1n) is 6.87. The number of benzene rings is 1. The monoisotopic (exact) mass is 334 g/mol. The van der Waals surface area contributed by atoms with Gasteiger partial charge >= 0.3 is 0 Å². The number of H-pyrrole nitrogens is 1. The van der Waals surface area contributed by atoms with Gasteiger partial charge in [-0.25, -0.2) is 4.98 Å². The van der Waals surface area contributed by atoms with Crippen molar-refractivity contribution in [1.82, 2.24) is 9.97 Å². The second kappa shape index (κ2) is 5.92. The summed E-state index contributed by atoms with van der Waals surface area (Å²) in [5.41, 5.74) is 1.56. The van der Waals surface area contributed by atoms with Crippen molar-refractivity contribution < 1.29 is 0 Å². The molecule has 0 aliphatic rings. The molecule has 4 heteroatoms. The van der Waals surface area contributed by atoms with E-state index in [1.807, 2.05) is 25.1 Å². The van der Waals surface area contributed by atoms with Crippen LogP contribution in [-0.2, 0) is 5.41 Å². The van der Waals surface area contributed by atoms with Crippen LogP contribution in [0.25, 0.3) is 0 Å². The number of nitrogens with zero attached hydrogens (tertiary/aromatic N) is 1. The van der Waals surface area contributed by atoms with Crippen LogP contribution in [0, 0.1) is 6.92 Å². The molecule has 0 unspecified atom stereocenters. The molecule has 1 N–H and O–H groups in total. The Hall–Kier alpha value is -1.42. The van der Waals surface area contributed by atoms with Crippen LogP contribution in [0.4, 0.5) is 0 Å². The van der Waals surface area contributed by atoms with Crippen molar-refractivity contribution in [2.45, 2.75) is 39.0 Å². The third-order valence-corrected chi connectivity index (χ3v) is 4.95. The van der Waals surface area contributed by atoms with Gasteiger partial charge in [0.25, 0.3) is 5.56 Å². The average molecular weight is 335 g/mol. The van der Waals surface area contributed by atoms with Crippen LogP contribution >= 0.6 is 15.9 Å². The molecule has 1 aromatic carbocycles. The van der Waals surface area contributed by atoms with Crippen LogP contribution in [0.2, 0.25) is 0 Å². The van der Waals surface area contributed by atoms with Crippen LogP contribution in [0.1, 0.15) is 43.8 Å². The number of aryl methyl sites for hydroxylation is 1. The maximum Gasteiger partial charge on any atom is 0.265 e. The van der Waals surface area contributed by atoms with Gasteiger partial charge in [0.05, 0.1) is 11.1 Å². The molecule has 0 amide bonds. The maximum absolute atomic E-state index is 12.0. The molecule has 0 saturated carbocycles. The minimum absolute atomic E-state index is 0.116. The highest BCUT2D eigenvalue weighted by atomic mass is 79.9. The first-order valence-corrected chi connectivity index (χ1v) is 7.67. The van der Waals surface area contributed by atoms with E-state index in [1.54, 1.807) is 0 Å². The Morgan fingerprint density at radius 1 is 1.20 bits per heavy atom. The van der Waals surface area contributed by atoms with Gasteiger partial charge < -0.3 is 4.98 Å². The highest BCUT2D eigenvalue weighted by Gasteiger charge is 2.33. The summed E-state index contributed by atoms with van der Waals surface area (Å²) in [5.74, 6) is 0.749. The van der Waals surface area contributed by atoms with Crippen LogP contribution in [-0.4, -0.2) is 9.97 Å². The van der Waals surface area contributed by atoms with E-state index in [0.29, 0.717) is 4.47 Å². The van der Waals surface area contributed by atoms with E-state index >= 15 is 0 Å². The lowest BCUT2D eigenvalue weighted by Gasteiger charge is -2.31. The molecule has 2 rings (SSSR count). The summed E-state index contributed by atoms with van der Waals surface area (Å²) in [7, 11) is 0. The fourth-order valence-electron chi connectivity index (χ4n) is 2.69. The molecule has 0 saturated heterocycles. The second-order valence-electron chi connectivity index (χ2n) is 4.97. The maximum atomic E-state index is 12.0. The second-order valence-corrected chi connectivity index (χ2v) is 5.76. The summed E-state index contributed by atoms with van der Waals surface area (Å²) in [6.07, 6.45) is 1.77. The predicted octanol–water partition coefficient (Wildman–Crippen LogP) is 3.95. The zero-order valence-corrected chi connectivity index (χ0v) is 13.6. The first-order chi connectivity index (χ1) is 9.55. The molecular formula is C16H19BrN2O. The molecule has 1 aromatic heterocycles. The van der Waals surface area contributed by atoms with Crippen molar-refractivity contribution in [3.63, 3.8) is 0 Å². The van der Waals surface area contributed by atoms with E-state index in [2.05, 4.69) is 51.9 Å². The molecule has 2 aromatic rings. The average Bonchev–Trinajstić information content (AvgIpc) is 2.47. The van der Waals surface area contributed by atoms with E-state index < -0.39 is 0 Å². The molecule has 0 aliphatic carbocycles. The summed E-state index contributed by atoms with van der Waals surface area (Å²) in [4.78, 5) is 19.6. The molecule has 0 aliphatic heterocycles. The molecule has 0 atom stereocenters. The third kappa shape index (κ3) is 2.44. The Bertz CT molecular complexity index is 645.